The Morgan fingerprint density at radius 3 is 2.36 bits per heavy atom. The Morgan fingerprint density at radius 1 is 1.05 bits per heavy atom. The van der Waals surface area contributed by atoms with Gasteiger partial charge < -0.3 is 19.9 Å². The molecule has 4 heterocycles. The van der Waals surface area contributed by atoms with Gasteiger partial charge in [0.05, 0.1) is 10.2 Å². The van der Waals surface area contributed by atoms with Gasteiger partial charge in [-0.1, -0.05) is 0 Å². The molecule has 3 aromatic rings. The number of piperazine rings is 1. The number of ether oxygens (including phenoxy) is 1. The molecular formula is C30H44BrN7O. The molecule has 0 spiro atoms. The van der Waals surface area contributed by atoms with Crippen molar-refractivity contribution in [3.63, 3.8) is 0 Å². The molecule has 9 heteroatoms. The Labute approximate surface area is 241 Å². The van der Waals surface area contributed by atoms with Gasteiger partial charge in [-0.2, -0.15) is 0 Å². The van der Waals surface area contributed by atoms with Crippen molar-refractivity contribution in [1.82, 2.24) is 24.8 Å². The molecular weight excluding hydrogens is 554 g/mol. The maximum absolute atomic E-state index is 5.20. The van der Waals surface area contributed by atoms with Crippen LogP contribution in [0.15, 0.2) is 34.9 Å². The van der Waals surface area contributed by atoms with Crippen LogP contribution >= 0.6 is 15.9 Å². The van der Waals surface area contributed by atoms with Crippen molar-refractivity contribution >= 4 is 38.5 Å². The standard InChI is InChI=1S/C30H44BrN7O/c1-29(2)18-22(19-30(3,4)36(29)5)33-25-24(31)20-32-28-26(25)34-27(35-28)21-8-10-23(11-9-21)38-15-13-37(14-16-38)12-7-17-39-6/h8-11,20,22H,7,12-19H2,1-6H3,(H2,32,33,34,35). The maximum Gasteiger partial charge on any atom is 0.159 e. The minimum atomic E-state index is 0.104. The van der Waals surface area contributed by atoms with E-state index < -0.39 is 0 Å². The summed E-state index contributed by atoms with van der Waals surface area (Å²) < 4.78 is 6.14. The third kappa shape index (κ3) is 6.11. The molecule has 0 amide bonds. The molecule has 0 radical (unpaired) electrons. The van der Waals surface area contributed by atoms with E-state index in [1.54, 1.807) is 7.11 Å². The van der Waals surface area contributed by atoms with Crippen LogP contribution in [-0.2, 0) is 4.74 Å². The van der Waals surface area contributed by atoms with E-state index in [4.69, 9.17) is 9.72 Å². The summed E-state index contributed by atoms with van der Waals surface area (Å²) in [6, 6.07) is 9.11. The number of rotatable bonds is 8. The number of nitrogens with zero attached hydrogens (tertiary/aromatic N) is 5. The Morgan fingerprint density at radius 2 is 1.72 bits per heavy atom. The van der Waals surface area contributed by atoms with Gasteiger partial charge in [-0.05, 0) is 94.2 Å². The highest BCUT2D eigenvalue weighted by molar-refractivity contribution is 9.10. The molecule has 2 fully saturated rings. The molecule has 2 aliphatic rings. The number of halogens is 1. The van der Waals surface area contributed by atoms with E-state index in [-0.39, 0.29) is 11.1 Å². The number of piperidine rings is 1. The molecule has 1 aromatic carbocycles. The molecule has 2 N–H and O–H groups in total. The van der Waals surface area contributed by atoms with Crippen molar-refractivity contribution in [2.24, 2.45) is 0 Å². The molecule has 8 nitrogen and oxygen atoms in total. The summed E-state index contributed by atoms with van der Waals surface area (Å²) in [4.78, 5) is 20.6. The van der Waals surface area contributed by atoms with Crippen molar-refractivity contribution in [3.8, 4) is 11.4 Å². The van der Waals surface area contributed by atoms with E-state index in [1.807, 2.05) is 6.20 Å². The first kappa shape index (κ1) is 28.3. The normalized spacial score (nSPS) is 20.5. The predicted octanol–water partition coefficient (Wildman–Crippen LogP) is 5.61. The quantitative estimate of drug-likeness (QED) is 0.327. The molecule has 39 heavy (non-hydrogen) atoms. The second-order valence-electron chi connectivity index (χ2n) is 12.4. The summed E-state index contributed by atoms with van der Waals surface area (Å²) in [5.41, 5.74) is 5.24. The van der Waals surface area contributed by atoms with Gasteiger partial charge in [0.1, 0.15) is 11.3 Å². The van der Waals surface area contributed by atoms with Crippen molar-refractivity contribution in [2.45, 2.75) is 64.1 Å². The number of pyridine rings is 1. The minimum absolute atomic E-state index is 0.104. The van der Waals surface area contributed by atoms with E-state index in [0.717, 1.165) is 91.3 Å². The lowest BCUT2D eigenvalue weighted by Gasteiger charge is -2.54. The van der Waals surface area contributed by atoms with Crippen molar-refractivity contribution in [3.05, 3.63) is 34.9 Å². The monoisotopic (exact) mass is 597 g/mol. The van der Waals surface area contributed by atoms with Crippen LogP contribution in [-0.4, -0.2) is 95.4 Å². The van der Waals surface area contributed by atoms with Gasteiger partial charge in [-0.3, -0.25) is 9.80 Å². The molecule has 0 atom stereocenters. The van der Waals surface area contributed by atoms with Gasteiger partial charge in [0.2, 0.25) is 0 Å². The predicted molar refractivity (Wildman–Crippen MR) is 165 cm³/mol. The fourth-order valence-electron chi connectivity index (χ4n) is 6.37. The second kappa shape index (κ2) is 11.4. The lowest BCUT2D eigenvalue weighted by molar-refractivity contribution is -0.00766. The molecule has 0 bridgehead atoms. The van der Waals surface area contributed by atoms with Gasteiger partial charge in [0.15, 0.2) is 5.65 Å². The summed E-state index contributed by atoms with van der Waals surface area (Å²) >= 11 is 3.75. The first-order chi connectivity index (χ1) is 18.6. The molecule has 2 saturated heterocycles. The molecule has 2 aliphatic heterocycles. The Bertz CT molecular complexity index is 1250. The number of aromatic nitrogens is 3. The van der Waals surface area contributed by atoms with E-state index in [0.29, 0.717) is 6.04 Å². The third-order valence-electron chi connectivity index (χ3n) is 8.82. The fraction of sp³-hybridized carbons (Fsp3) is 0.600. The number of nitrogens with one attached hydrogen (secondary N) is 2. The van der Waals surface area contributed by atoms with Gasteiger partial charge in [-0.15, -0.1) is 0 Å². The third-order valence-corrected chi connectivity index (χ3v) is 9.43. The molecule has 0 saturated carbocycles. The summed E-state index contributed by atoms with van der Waals surface area (Å²) in [5, 5.41) is 3.85. The summed E-state index contributed by atoms with van der Waals surface area (Å²) in [5.74, 6) is 0.845. The van der Waals surface area contributed by atoms with Gasteiger partial charge in [-0.25, -0.2) is 9.97 Å². The Hall–Kier alpha value is -2.20. The van der Waals surface area contributed by atoms with Gasteiger partial charge in [0, 0.05) is 81.0 Å². The number of aromatic amines is 1. The van der Waals surface area contributed by atoms with Crippen LogP contribution in [0.4, 0.5) is 11.4 Å². The van der Waals surface area contributed by atoms with Crippen LogP contribution in [0.2, 0.25) is 0 Å². The smallest absolute Gasteiger partial charge is 0.159 e. The van der Waals surface area contributed by atoms with Crippen molar-refractivity contribution < 1.29 is 4.74 Å². The fourth-order valence-corrected chi connectivity index (χ4v) is 6.78. The van der Waals surface area contributed by atoms with Crippen LogP contribution in [0.1, 0.15) is 47.0 Å². The highest BCUT2D eigenvalue weighted by Gasteiger charge is 2.43. The highest BCUT2D eigenvalue weighted by Crippen LogP contribution is 2.40. The van der Waals surface area contributed by atoms with E-state index in [9.17, 15) is 0 Å². The van der Waals surface area contributed by atoms with Crippen LogP contribution < -0.4 is 10.2 Å². The molecule has 2 aromatic heterocycles. The molecule has 212 valence electrons. The zero-order valence-corrected chi connectivity index (χ0v) is 25.9. The van der Waals surface area contributed by atoms with E-state index in [1.165, 1.54) is 5.69 Å². The zero-order chi connectivity index (χ0) is 27.8. The van der Waals surface area contributed by atoms with Crippen LogP contribution in [0.5, 0.6) is 0 Å². The highest BCUT2D eigenvalue weighted by atomic mass is 79.9. The number of H-pyrrole nitrogens is 1. The SMILES string of the molecule is COCCCN1CCN(c2ccc(-c3nc4c(NC5CC(C)(C)N(C)C(C)(C)C5)c(Br)cnc4[nH]3)cc2)CC1. The summed E-state index contributed by atoms with van der Waals surface area (Å²) in [6.45, 7) is 15.6. The van der Waals surface area contributed by atoms with Gasteiger partial charge in [0.25, 0.3) is 0 Å². The largest absolute Gasteiger partial charge is 0.385 e. The number of methoxy groups -OCH3 is 1. The average Bonchev–Trinajstić information content (AvgIpc) is 3.34. The zero-order valence-electron chi connectivity index (χ0n) is 24.4. The number of anilines is 2. The van der Waals surface area contributed by atoms with Gasteiger partial charge >= 0.3 is 0 Å². The maximum atomic E-state index is 5.20. The molecule has 0 aliphatic carbocycles. The Balaban J connectivity index is 1.30. The number of likely N-dealkylation sites (tertiary alicyclic amines) is 1. The molecule has 0 unspecified atom stereocenters. The van der Waals surface area contributed by atoms with Crippen molar-refractivity contribution in [1.29, 1.82) is 0 Å². The topological polar surface area (TPSA) is 72.6 Å². The molecule has 5 rings (SSSR count). The number of hydrogen-bond donors (Lipinski definition) is 2. The van der Waals surface area contributed by atoms with Crippen LogP contribution in [0.25, 0.3) is 22.6 Å². The Kier molecular flexibility index (Phi) is 8.25. The van der Waals surface area contributed by atoms with E-state index in [2.05, 4.69) is 105 Å². The first-order valence-corrected chi connectivity index (χ1v) is 15.0. The van der Waals surface area contributed by atoms with Crippen LogP contribution in [0, 0.1) is 0 Å². The number of hydrogen-bond acceptors (Lipinski definition) is 7. The summed E-state index contributed by atoms with van der Waals surface area (Å²) in [7, 11) is 4.02. The average molecular weight is 599 g/mol. The second-order valence-corrected chi connectivity index (χ2v) is 13.3. The van der Waals surface area contributed by atoms with Crippen molar-refractivity contribution in [2.75, 3.05) is 63.7 Å². The summed E-state index contributed by atoms with van der Waals surface area (Å²) in [6.07, 6.45) is 5.09. The lowest BCUT2D eigenvalue weighted by atomic mass is 9.77. The minimum Gasteiger partial charge on any atom is -0.385 e. The van der Waals surface area contributed by atoms with Crippen LogP contribution in [0.3, 0.4) is 0 Å². The van der Waals surface area contributed by atoms with E-state index >= 15 is 0 Å². The number of imidazole rings is 1. The number of fused-ring (bicyclic) bond motifs is 1. The lowest BCUT2D eigenvalue weighted by Crippen LogP contribution is -2.61. The first-order valence-electron chi connectivity index (χ1n) is 14.2. The number of benzene rings is 1.